The van der Waals surface area contributed by atoms with E-state index in [0.717, 1.165) is 57.5 Å². The highest BCUT2D eigenvalue weighted by Gasteiger charge is 2.92. The summed E-state index contributed by atoms with van der Waals surface area (Å²) < 4.78 is 57.0. The number of pyridine rings is 2. The van der Waals surface area contributed by atoms with Crippen molar-refractivity contribution < 1.29 is 86.1 Å². The van der Waals surface area contributed by atoms with Crippen LogP contribution in [0.15, 0.2) is 41.5 Å². The molecule has 3 fully saturated rings. The zero-order valence-electron chi connectivity index (χ0n) is 38.3. The molecule has 4 bridgehead atoms. The second-order valence-electron chi connectivity index (χ2n) is 18.0. The highest BCUT2D eigenvalue weighted by Crippen LogP contribution is 2.70. The van der Waals surface area contributed by atoms with Crippen molar-refractivity contribution in [1.29, 1.82) is 0 Å². The lowest BCUT2D eigenvalue weighted by Gasteiger charge is -2.67. The molecule has 6 rings (SSSR count). The summed E-state index contributed by atoms with van der Waals surface area (Å²) in [6, 6.07) is 5.05. The van der Waals surface area contributed by atoms with Crippen molar-refractivity contribution in [2.45, 2.75) is 129 Å². The molecule has 2 aliphatic heterocycles. The van der Waals surface area contributed by atoms with Gasteiger partial charge in [0.1, 0.15) is 42.0 Å². The summed E-state index contributed by atoms with van der Waals surface area (Å²) in [5.74, 6) is -13.1. The van der Waals surface area contributed by atoms with Gasteiger partial charge < -0.3 is 52.3 Å². The predicted octanol–water partition coefficient (Wildman–Crippen LogP) is 1.66. The van der Waals surface area contributed by atoms with Crippen LogP contribution in [0.5, 0.6) is 0 Å². The van der Waals surface area contributed by atoms with Crippen LogP contribution in [0.2, 0.25) is 0 Å². The summed E-state index contributed by atoms with van der Waals surface area (Å²) >= 11 is 0. The maximum atomic E-state index is 14.7. The summed E-state index contributed by atoms with van der Waals surface area (Å²) in [5.41, 5.74) is -11.4. The van der Waals surface area contributed by atoms with Crippen LogP contribution >= 0.6 is 0 Å². The number of esters is 8. The van der Waals surface area contributed by atoms with E-state index in [2.05, 4.69) is 4.98 Å². The topological polar surface area (TPSA) is 275 Å². The van der Waals surface area contributed by atoms with Gasteiger partial charge in [-0.05, 0) is 32.0 Å². The maximum absolute atomic E-state index is 14.7. The first-order valence-corrected chi connectivity index (χ1v) is 21.2. The molecule has 13 atom stereocenters. The summed E-state index contributed by atoms with van der Waals surface area (Å²) in [7, 11) is 1.35. The molecule has 4 heterocycles. The lowest BCUT2D eigenvalue weighted by Crippen LogP contribution is -2.89. The quantitative estimate of drug-likeness (QED) is 0.277. The molecule has 0 aromatic carbocycles. The van der Waals surface area contributed by atoms with E-state index in [4.69, 9.17) is 42.6 Å². The van der Waals surface area contributed by atoms with Gasteiger partial charge in [0.25, 0.3) is 0 Å². The Balaban J connectivity index is 1.81. The van der Waals surface area contributed by atoms with Crippen LogP contribution in [-0.4, -0.2) is 129 Å². The Morgan fingerprint density at radius 3 is 2.00 bits per heavy atom. The maximum Gasteiger partial charge on any atom is 0.340 e. The van der Waals surface area contributed by atoms with Gasteiger partial charge in [0.2, 0.25) is 5.56 Å². The number of aliphatic hydroxyl groups is 1. The van der Waals surface area contributed by atoms with E-state index in [1.165, 1.54) is 53.1 Å². The highest BCUT2D eigenvalue weighted by atomic mass is 16.7. The van der Waals surface area contributed by atoms with Crippen molar-refractivity contribution in [3.63, 3.8) is 0 Å². The molecule has 0 amide bonds. The van der Waals surface area contributed by atoms with Gasteiger partial charge in [-0.2, -0.15) is 0 Å². The monoisotopic (exact) mass is 926 g/mol. The first kappa shape index (κ1) is 49.2. The molecular formula is C45H54N2O19. The number of cyclic esters (lactones) is 1. The van der Waals surface area contributed by atoms with E-state index in [1.54, 1.807) is 6.92 Å². The van der Waals surface area contributed by atoms with Gasteiger partial charge in [-0.1, -0.05) is 27.7 Å². The Hall–Kier alpha value is -6.22. The standard InChI is InChI=1S/C45H54N2O19/c1-20(2)38(53)59-19-44-36(62-25(7)50)32(60-23(5)48)30-34(61-24(6)49)45(44)43(10,57)35(33(37(44)63-26(8)51)64-40(55)27-14-15-29(52)47(11)17-27)65-39(54)22(4)21(3)31-28(13-12-16-46-31)41(56)58-18-42(30,9)66-45/h12-17,20-22,30,32-37,57H,18-19H2,1-11H3/t21?,22?,30-,32-,33+,34-,35+,36-,37+,42+,43+,44-,45+/m1/s1. The van der Waals surface area contributed by atoms with Crippen molar-refractivity contribution in [1.82, 2.24) is 9.55 Å². The Bertz CT molecular complexity index is 2390. The van der Waals surface area contributed by atoms with Crippen molar-refractivity contribution in [2.75, 3.05) is 13.2 Å². The smallest absolute Gasteiger partial charge is 0.340 e. The first-order chi connectivity index (χ1) is 30.7. The lowest BCUT2D eigenvalue weighted by atomic mass is 9.45. The fourth-order valence-corrected chi connectivity index (χ4v) is 10.1. The van der Waals surface area contributed by atoms with E-state index in [-0.39, 0.29) is 16.8 Å². The molecule has 1 spiro atoms. The van der Waals surface area contributed by atoms with Crippen LogP contribution < -0.4 is 5.56 Å². The molecule has 2 aromatic heterocycles. The molecule has 1 saturated heterocycles. The fourth-order valence-electron chi connectivity index (χ4n) is 10.1. The third-order valence-corrected chi connectivity index (χ3v) is 13.1. The predicted molar refractivity (Wildman–Crippen MR) is 220 cm³/mol. The number of carbonyl (C=O) groups excluding carboxylic acids is 8. The number of nitrogens with zero attached hydrogens (tertiary/aromatic N) is 2. The number of fused-ring (bicyclic) bond motifs is 5. The number of aromatic nitrogens is 2. The van der Waals surface area contributed by atoms with Crippen molar-refractivity contribution in [3.05, 3.63) is 63.8 Å². The highest BCUT2D eigenvalue weighted by molar-refractivity contribution is 5.91. The number of hydrogen-bond acceptors (Lipinski definition) is 20. The van der Waals surface area contributed by atoms with Crippen LogP contribution in [0.1, 0.15) is 102 Å². The Morgan fingerprint density at radius 2 is 1.42 bits per heavy atom. The van der Waals surface area contributed by atoms with Gasteiger partial charge >= 0.3 is 47.8 Å². The zero-order chi connectivity index (χ0) is 49.0. The van der Waals surface area contributed by atoms with E-state index < -0.39 is 149 Å². The number of aryl methyl sites for hydroxylation is 1. The minimum atomic E-state index is -2.94. The average Bonchev–Trinajstić information content (AvgIpc) is 3.45. The SMILES string of the molecule is CC(=O)O[C@@H]1[C@@H]2[C@@H](OC(C)=O)[C@@]34O[C@@]2(C)COC(=O)c2cccnc2C(C)C(C)C(=O)O[C@@H]([C@H](OC(=O)c2ccc(=O)n(C)c2)[C@H](OC(C)=O)[C@@]3(COC(=O)C(C)C)[C@@H]1OC(C)=O)[C@]4(C)O. The molecule has 1 N–H and O–H groups in total. The normalized spacial score (nSPS) is 34.7. The molecule has 0 radical (unpaired) electrons. The molecular weight excluding hydrogens is 872 g/mol. The second kappa shape index (κ2) is 17.9. The van der Waals surface area contributed by atoms with E-state index in [0.29, 0.717) is 0 Å². The van der Waals surface area contributed by atoms with Gasteiger partial charge in [-0.15, -0.1) is 0 Å². The Kier molecular flexibility index (Phi) is 13.3. The van der Waals surface area contributed by atoms with Gasteiger partial charge in [-0.3, -0.25) is 38.5 Å². The molecule has 2 saturated carbocycles. The molecule has 4 aliphatic rings. The largest absolute Gasteiger partial charge is 0.464 e. The van der Waals surface area contributed by atoms with Crippen molar-refractivity contribution in [2.24, 2.45) is 30.2 Å². The van der Waals surface area contributed by atoms with E-state index in [9.17, 15) is 48.3 Å². The average molecular weight is 927 g/mol. The van der Waals surface area contributed by atoms with Gasteiger partial charge in [0.15, 0.2) is 30.0 Å². The molecule has 2 aliphatic carbocycles. The minimum absolute atomic E-state index is 0.0728. The van der Waals surface area contributed by atoms with Crippen LogP contribution in [-0.2, 0) is 78.4 Å². The van der Waals surface area contributed by atoms with Crippen LogP contribution in [0.3, 0.4) is 0 Å². The van der Waals surface area contributed by atoms with Crippen molar-refractivity contribution >= 4 is 47.8 Å². The molecule has 2 unspecified atom stereocenters. The molecule has 21 heteroatoms. The van der Waals surface area contributed by atoms with E-state index >= 15 is 0 Å². The fraction of sp³-hybridized carbons (Fsp3) is 0.600. The van der Waals surface area contributed by atoms with E-state index in [1.807, 2.05) is 0 Å². The zero-order valence-corrected chi connectivity index (χ0v) is 38.3. The summed E-state index contributed by atoms with van der Waals surface area (Å²) in [4.78, 5) is 128. The van der Waals surface area contributed by atoms with Gasteiger partial charge in [0, 0.05) is 59.1 Å². The number of carbonyl (C=O) groups is 8. The summed E-state index contributed by atoms with van der Waals surface area (Å²) in [6.45, 7) is 10.4. The molecule has 66 heavy (non-hydrogen) atoms. The van der Waals surface area contributed by atoms with Crippen molar-refractivity contribution in [3.8, 4) is 0 Å². The summed E-state index contributed by atoms with van der Waals surface area (Å²) in [5, 5.41) is 13.8. The number of hydrogen-bond donors (Lipinski definition) is 1. The van der Waals surface area contributed by atoms with Gasteiger partial charge in [-0.25, -0.2) is 9.59 Å². The molecule has 358 valence electrons. The third kappa shape index (κ3) is 8.09. The third-order valence-electron chi connectivity index (χ3n) is 13.1. The van der Waals surface area contributed by atoms with Crippen LogP contribution in [0.25, 0.3) is 0 Å². The lowest BCUT2D eigenvalue weighted by molar-refractivity contribution is -0.386. The molecule has 2 aromatic rings. The summed E-state index contributed by atoms with van der Waals surface area (Å²) in [6.07, 6.45) is -10.2. The minimum Gasteiger partial charge on any atom is -0.464 e. The Labute approximate surface area is 378 Å². The second-order valence-corrected chi connectivity index (χ2v) is 18.0. The molecule has 21 nitrogen and oxygen atoms in total. The number of rotatable bonds is 9. The van der Waals surface area contributed by atoms with Crippen LogP contribution in [0.4, 0.5) is 0 Å². The van der Waals surface area contributed by atoms with Gasteiger partial charge in [0.05, 0.1) is 34.6 Å². The first-order valence-electron chi connectivity index (χ1n) is 21.2. The van der Waals surface area contributed by atoms with Crippen LogP contribution in [0, 0.1) is 23.2 Å². The Morgan fingerprint density at radius 1 is 0.833 bits per heavy atom. The number of ether oxygens (including phenoxy) is 9.